The van der Waals surface area contributed by atoms with Gasteiger partial charge in [0.1, 0.15) is 0 Å². The van der Waals surface area contributed by atoms with Gasteiger partial charge in [-0.25, -0.2) is 0 Å². The zero-order valence-corrected chi connectivity index (χ0v) is 18.4. The van der Waals surface area contributed by atoms with E-state index in [-0.39, 0.29) is 0 Å². The van der Waals surface area contributed by atoms with Gasteiger partial charge in [0.25, 0.3) is 0 Å². The molecule has 0 aliphatic carbocycles. The molecule has 1 saturated heterocycles. The summed E-state index contributed by atoms with van der Waals surface area (Å²) < 4.78 is 36.3. The van der Waals surface area contributed by atoms with Crippen LogP contribution < -0.4 is 9.44 Å². The number of hydrogen-bond acceptors (Lipinski definition) is 5. The van der Waals surface area contributed by atoms with Crippen molar-refractivity contribution in [1.82, 2.24) is 14.9 Å². The fourth-order valence-corrected chi connectivity index (χ4v) is 5.01. The summed E-state index contributed by atoms with van der Waals surface area (Å²) in [5.41, 5.74) is 3.69. The molecule has 3 heterocycles. The van der Waals surface area contributed by atoms with Crippen LogP contribution in [0.25, 0.3) is 21.8 Å². The Labute approximate surface area is 186 Å². The minimum Gasteiger partial charge on any atom is -0.379 e. The van der Waals surface area contributed by atoms with Gasteiger partial charge in [-0.1, -0.05) is 18.2 Å². The highest BCUT2D eigenvalue weighted by Gasteiger charge is 2.15. The third-order valence-electron chi connectivity index (χ3n) is 5.70. The number of benzene rings is 2. The Morgan fingerprint density at radius 3 is 2.78 bits per heavy atom. The number of morpholine rings is 1. The molecule has 3 N–H and O–H groups in total. The Balaban J connectivity index is 1.33. The highest BCUT2D eigenvalue weighted by Crippen LogP contribution is 2.25. The molecule has 0 radical (unpaired) electrons. The number of hydrogen-bond donors (Lipinski definition) is 3. The van der Waals surface area contributed by atoms with Gasteiger partial charge in [-0.15, -0.1) is 0 Å². The minimum absolute atomic E-state index is 0.435. The Morgan fingerprint density at radius 2 is 1.91 bits per heavy atom. The second kappa shape index (κ2) is 8.78. The van der Waals surface area contributed by atoms with Crippen LogP contribution in [0.4, 0.5) is 11.4 Å². The topological polar surface area (TPSA) is 99.4 Å². The number of aromatic amines is 1. The number of fused-ring (bicyclic) bond motifs is 2. The van der Waals surface area contributed by atoms with Crippen molar-refractivity contribution in [3.8, 4) is 0 Å². The summed E-state index contributed by atoms with van der Waals surface area (Å²) in [6, 6.07) is 14.6. The smallest absolute Gasteiger partial charge is 0.321 e. The number of nitrogens with one attached hydrogen (secondary N) is 3. The van der Waals surface area contributed by atoms with Crippen LogP contribution >= 0.6 is 0 Å². The van der Waals surface area contributed by atoms with Crippen molar-refractivity contribution in [3.05, 3.63) is 66.5 Å². The molecule has 5 rings (SSSR count). The summed E-state index contributed by atoms with van der Waals surface area (Å²) in [7, 11) is -3.85. The molecule has 9 heteroatoms. The minimum atomic E-state index is -3.85. The summed E-state index contributed by atoms with van der Waals surface area (Å²) >= 11 is 0. The first-order valence-electron chi connectivity index (χ1n) is 10.6. The fourth-order valence-electron chi connectivity index (χ4n) is 4.06. The molecule has 0 spiro atoms. The Bertz CT molecular complexity index is 1340. The van der Waals surface area contributed by atoms with E-state index in [2.05, 4.69) is 24.3 Å². The number of H-pyrrole nitrogens is 1. The monoisotopic (exact) mass is 451 g/mol. The predicted molar refractivity (Wildman–Crippen MR) is 127 cm³/mol. The van der Waals surface area contributed by atoms with Crippen molar-refractivity contribution >= 4 is 43.4 Å². The number of nitrogens with zero attached hydrogens (tertiary/aromatic N) is 2. The maximum absolute atomic E-state index is 12.8. The molecular formula is C23H25N5O3S. The largest absolute Gasteiger partial charge is 0.379 e. The molecule has 0 amide bonds. The van der Waals surface area contributed by atoms with Gasteiger partial charge in [-0.2, -0.15) is 8.42 Å². The normalized spacial score (nSPS) is 15.2. The SMILES string of the molecule is O=S(=O)(Nc1ccc2[nH]cc(CCN3CCOCC3)c2c1)Nc1cccc2cccnc12. The van der Waals surface area contributed by atoms with Crippen LogP contribution in [0, 0.1) is 0 Å². The maximum atomic E-state index is 12.8. The van der Waals surface area contributed by atoms with Gasteiger partial charge in [0.05, 0.1) is 30.1 Å². The number of pyridine rings is 1. The molecule has 0 bridgehead atoms. The molecule has 1 fully saturated rings. The van der Waals surface area contributed by atoms with Crippen molar-refractivity contribution in [3.63, 3.8) is 0 Å². The lowest BCUT2D eigenvalue weighted by molar-refractivity contribution is 0.0385. The van der Waals surface area contributed by atoms with Crippen LogP contribution in [-0.2, 0) is 21.4 Å². The lowest BCUT2D eigenvalue weighted by Gasteiger charge is -2.26. The van der Waals surface area contributed by atoms with Gasteiger partial charge in [0.2, 0.25) is 0 Å². The van der Waals surface area contributed by atoms with E-state index >= 15 is 0 Å². The van der Waals surface area contributed by atoms with Crippen molar-refractivity contribution in [2.75, 3.05) is 42.3 Å². The summed E-state index contributed by atoms with van der Waals surface area (Å²) in [4.78, 5) is 9.97. The first kappa shape index (κ1) is 20.7. The average molecular weight is 452 g/mol. The Hall–Kier alpha value is -3.14. The molecule has 0 atom stereocenters. The summed E-state index contributed by atoms with van der Waals surface area (Å²) in [5, 5.41) is 1.89. The van der Waals surface area contributed by atoms with Crippen molar-refractivity contribution < 1.29 is 13.2 Å². The highest BCUT2D eigenvalue weighted by molar-refractivity contribution is 7.94. The molecule has 2 aromatic heterocycles. The third-order valence-corrected chi connectivity index (χ3v) is 6.69. The maximum Gasteiger partial charge on any atom is 0.321 e. The van der Waals surface area contributed by atoms with Crippen molar-refractivity contribution in [2.24, 2.45) is 0 Å². The zero-order chi connectivity index (χ0) is 22.0. The van der Waals surface area contributed by atoms with Crippen LogP contribution in [0.1, 0.15) is 5.56 Å². The van der Waals surface area contributed by atoms with E-state index in [9.17, 15) is 8.42 Å². The van der Waals surface area contributed by atoms with E-state index in [4.69, 9.17) is 4.74 Å². The molecule has 166 valence electrons. The van der Waals surface area contributed by atoms with Gasteiger partial charge >= 0.3 is 10.2 Å². The van der Waals surface area contributed by atoms with E-state index < -0.39 is 10.2 Å². The lowest BCUT2D eigenvalue weighted by atomic mass is 10.1. The van der Waals surface area contributed by atoms with Gasteiger partial charge < -0.3 is 9.72 Å². The Morgan fingerprint density at radius 1 is 1.06 bits per heavy atom. The van der Waals surface area contributed by atoms with Crippen molar-refractivity contribution in [2.45, 2.75) is 6.42 Å². The Kier molecular flexibility index (Phi) is 5.69. The quantitative estimate of drug-likeness (QED) is 0.400. The van der Waals surface area contributed by atoms with Gasteiger partial charge in [0.15, 0.2) is 0 Å². The molecule has 4 aromatic rings. The van der Waals surface area contributed by atoms with Gasteiger partial charge in [-0.3, -0.25) is 19.3 Å². The number of ether oxygens (including phenoxy) is 1. The first-order chi connectivity index (χ1) is 15.6. The third kappa shape index (κ3) is 4.55. The average Bonchev–Trinajstić information content (AvgIpc) is 3.20. The van der Waals surface area contributed by atoms with E-state index in [1.165, 1.54) is 5.56 Å². The molecule has 0 saturated carbocycles. The summed E-state index contributed by atoms with van der Waals surface area (Å²) in [5.74, 6) is 0. The van der Waals surface area contributed by atoms with Gasteiger partial charge in [0, 0.05) is 48.3 Å². The second-order valence-corrected chi connectivity index (χ2v) is 9.28. The van der Waals surface area contributed by atoms with Gasteiger partial charge in [-0.05, 0) is 42.3 Å². The van der Waals surface area contributed by atoms with Crippen molar-refractivity contribution in [1.29, 1.82) is 0 Å². The predicted octanol–water partition coefficient (Wildman–Crippen LogP) is 3.36. The fraction of sp³-hybridized carbons (Fsp3) is 0.261. The number of aromatic nitrogens is 2. The molecule has 1 aliphatic rings. The molecule has 1 aliphatic heterocycles. The summed E-state index contributed by atoms with van der Waals surface area (Å²) in [6.07, 6.45) is 4.53. The zero-order valence-electron chi connectivity index (χ0n) is 17.5. The highest BCUT2D eigenvalue weighted by atomic mass is 32.2. The second-order valence-electron chi connectivity index (χ2n) is 7.87. The van der Waals surface area contributed by atoms with E-state index in [0.717, 1.165) is 55.6 Å². The molecule has 0 unspecified atom stereocenters. The van der Waals surface area contributed by atoms with E-state index in [0.29, 0.717) is 16.9 Å². The molecular weight excluding hydrogens is 426 g/mol. The van der Waals surface area contributed by atoms with Crippen LogP contribution in [0.5, 0.6) is 0 Å². The number of para-hydroxylation sites is 1. The number of anilines is 2. The summed E-state index contributed by atoms with van der Waals surface area (Å²) in [6.45, 7) is 4.39. The lowest BCUT2D eigenvalue weighted by Crippen LogP contribution is -2.37. The molecule has 2 aromatic carbocycles. The van der Waals surface area contributed by atoms with Crippen LogP contribution in [0.15, 0.2) is 60.9 Å². The standard InChI is InChI=1S/C23H25N5O3S/c29-32(30,27-22-5-1-3-17-4-2-9-24-23(17)22)26-19-6-7-21-20(15-19)18(16-25-21)8-10-28-11-13-31-14-12-28/h1-7,9,15-16,25-27H,8,10-14H2. The van der Waals surface area contributed by atoms with Crippen LogP contribution in [0.2, 0.25) is 0 Å². The van der Waals surface area contributed by atoms with E-state index in [1.54, 1.807) is 24.4 Å². The first-order valence-corrected chi connectivity index (χ1v) is 12.1. The molecule has 32 heavy (non-hydrogen) atoms. The van der Waals surface area contributed by atoms with Crippen LogP contribution in [-0.4, -0.2) is 56.1 Å². The number of rotatable bonds is 7. The molecule has 8 nitrogen and oxygen atoms in total. The van der Waals surface area contributed by atoms with Crippen LogP contribution in [0.3, 0.4) is 0 Å². The van der Waals surface area contributed by atoms with E-state index in [1.807, 2.05) is 36.5 Å².